The molecule has 2 N–H and O–H groups in total. The fraction of sp³-hybridized carbons (Fsp3) is 0.412. The summed E-state index contributed by atoms with van der Waals surface area (Å²) in [5.74, 6) is 0.322. The molecule has 0 atom stereocenters. The number of aryl methyl sites for hydroxylation is 1. The lowest BCUT2D eigenvalue weighted by atomic mass is 10.2. The fourth-order valence-electron chi connectivity index (χ4n) is 2.07. The summed E-state index contributed by atoms with van der Waals surface area (Å²) in [6.07, 6.45) is 0.754. The number of amides is 2. The first kappa shape index (κ1) is 19.6. The predicted octanol–water partition coefficient (Wildman–Crippen LogP) is 2.27. The van der Waals surface area contributed by atoms with Crippen LogP contribution in [0.1, 0.15) is 36.1 Å². The number of nitrogens with zero attached hydrogens (tertiary/aromatic N) is 2. The molecule has 0 aliphatic rings. The highest BCUT2D eigenvalue weighted by molar-refractivity contribution is 7.15. The lowest BCUT2D eigenvalue weighted by Crippen LogP contribution is -2.32. The van der Waals surface area contributed by atoms with Crippen LogP contribution in [0.5, 0.6) is 11.5 Å². The molecule has 0 radical (unpaired) electrons. The molecule has 1 aromatic heterocycles. The van der Waals surface area contributed by atoms with E-state index < -0.39 is 0 Å². The molecule has 1 heterocycles. The van der Waals surface area contributed by atoms with Crippen LogP contribution in [0.15, 0.2) is 18.2 Å². The van der Waals surface area contributed by atoms with E-state index in [9.17, 15) is 9.59 Å². The zero-order valence-electron chi connectivity index (χ0n) is 15.0. The van der Waals surface area contributed by atoms with Gasteiger partial charge in [0.15, 0.2) is 11.5 Å². The largest absolute Gasteiger partial charge is 0.490 e. The van der Waals surface area contributed by atoms with Gasteiger partial charge in [-0.2, -0.15) is 0 Å². The molecule has 8 nitrogen and oxygen atoms in total. The van der Waals surface area contributed by atoms with Crippen molar-refractivity contribution in [3.05, 3.63) is 28.8 Å². The van der Waals surface area contributed by atoms with Gasteiger partial charge in [-0.05, 0) is 38.5 Å². The normalized spacial score (nSPS) is 10.3. The van der Waals surface area contributed by atoms with Gasteiger partial charge >= 0.3 is 0 Å². The highest BCUT2D eigenvalue weighted by Crippen LogP contribution is 2.28. The SMILES string of the molecule is CCOc1ccc(C(=O)NCC(=O)Nc2nnc(CC)s2)cc1OCC. The third-order valence-corrected chi connectivity index (χ3v) is 4.21. The Balaban J connectivity index is 1.94. The smallest absolute Gasteiger partial charge is 0.251 e. The van der Waals surface area contributed by atoms with E-state index in [-0.39, 0.29) is 18.4 Å². The van der Waals surface area contributed by atoms with Crippen molar-refractivity contribution < 1.29 is 19.1 Å². The lowest BCUT2D eigenvalue weighted by Gasteiger charge is -2.12. The van der Waals surface area contributed by atoms with Crippen molar-refractivity contribution in [1.82, 2.24) is 15.5 Å². The monoisotopic (exact) mass is 378 g/mol. The number of carbonyl (C=O) groups excluding carboxylic acids is 2. The highest BCUT2D eigenvalue weighted by Gasteiger charge is 2.13. The number of carbonyl (C=O) groups is 2. The van der Waals surface area contributed by atoms with E-state index in [1.807, 2.05) is 20.8 Å². The van der Waals surface area contributed by atoms with Crippen LogP contribution in [0.3, 0.4) is 0 Å². The fourth-order valence-corrected chi connectivity index (χ4v) is 2.76. The first-order chi connectivity index (χ1) is 12.6. The van der Waals surface area contributed by atoms with Crippen LogP contribution in [0, 0.1) is 0 Å². The van der Waals surface area contributed by atoms with E-state index in [0.717, 1.165) is 11.4 Å². The van der Waals surface area contributed by atoms with Crippen molar-refractivity contribution in [2.75, 3.05) is 25.1 Å². The summed E-state index contributed by atoms with van der Waals surface area (Å²) in [7, 11) is 0. The van der Waals surface area contributed by atoms with Crippen LogP contribution >= 0.6 is 11.3 Å². The van der Waals surface area contributed by atoms with Gasteiger partial charge in [0.05, 0.1) is 19.8 Å². The van der Waals surface area contributed by atoms with Gasteiger partial charge in [0.1, 0.15) is 5.01 Å². The average molecular weight is 378 g/mol. The van der Waals surface area contributed by atoms with Crippen molar-refractivity contribution >= 4 is 28.3 Å². The Labute approximate surface area is 155 Å². The van der Waals surface area contributed by atoms with E-state index >= 15 is 0 Å². The van der Waals surface area contributed by atoms with E-state index in [1.54, 1.807) is 18.2 Å². The summed E-state index contributed by atoms with van der Waals surface area (Å²) < 4.78 is 11.0. The van der Waals surface area contributed by atoms with Gasteiger partial charge in [-0.15, -0.1) is 10.2 Å². The van der Waals surface area contributed by atoms with E-state index in [4.69, 9.17) is 9.47 Å². The van der Waals surface area contributed by atoms with Gasteiger partial charge in [0, 0.05) is 5.56 Å². The van der Waals surface area contributed by atoms with Gasteiger partial charge < -0.3 is 14.8 Å². The average Bonchev–Trinajstić information content (AvgIpc) is 3.09. The molecule has 2 aromatic rings. The second kappa shape index (κ2) is 9.71. The zero-order valence-corrected chi connectivity index (χ0v) is 15.8. The quantitative estimate of drug-likeness (QED) is 0.694. The predicted molar refractivity (Wildman–Crippen MR) is 99.0 cm³/mol. The molecule has 0 fully saturated rings. The number of hydrogen-bond donors (Lipinski definition) is 2. The maximum atomic E-state index is 12.3. The van der Waals surface area contributed by atoms with Crippen molar-refractivity contribution in [3.63, 3.8) is 0 Å². The van der Waals surface area contributed by atoms with Crippen molar-refractivity contribution in [1.29, 1.82) is 0 Å². The topological polar surface area (TPSA) is 102 Å². The van der Waals surface area contributed by atoms with Crippen LogP contribution in [0.25, 0.3) is 0 Å². The number of aromatic nitrogens is 2. The molecule has 0 aliphatic carbocycles. The van der Waals surface area contributed by atoms with Gasteiger partial charge in [-0.1, -0.05) is 18.3 Å². The summed E-state index contributed by atoms with van der Waals surface area (Å²) >= 11 is 1.31. The van der Waals surface area contributed by atoms with Crippen LogP contribution in [0.2, 0.25) is 0 Å². The molecule has 9 heteroatoms. The molecule has 0 aliphatic heterocycles. The highest BCUT2D eigenvalue weighted by atomic mass is 32.1. The van der Waals surface area contributed by atoms with E-state index in [0.29, 0.717) is 35.4 Å². The number of ether oxygens (including phenoxy) is 2. The standard InChI is InChI=1S/C17H22N4O4S/c1-4-15-20-21-17(26-15)19-14(22)10-18-16(23)11-7-8-12(24-5-2)13(9-11)25-6-3/h7-9H,4-6,10H2,1-3H3,(H,18,23)(H,19,21,22). The van der Waals surface area contributed by atoms with E-state index in [2.05, 4.69) is 20.8 Å². The Hall–Kier alpha value is -2.68. The number of anilines is 1. The number of rotatable bonds is 9. The zero-order chi connectivity index (χ0) is 18.9. The van der Waals surface area contributed by atoms with Crippen LogP contribution in [-0.2, 0) is 11.2 Å². The van der Waals surface area contributed by atoms with Crippen LogP contribution in [0.4, 0.5) is 5.13 Å². The minimum absolute atomic E-state index is 0.170. The maximum absolute atomic E-state index is 12.3. The molecule has 1 aromatic carbocycles. The number of nitrogens with one attached hydrogen (secondary N) is 2. The van der Waals surface area contributed by atoms with E-state index in [1.165, 1.54) is 11.3 Å². The molecule has 0 bridgehead atoms. The van der Waals surface area contributed by atoms with Gasteiger partial charge in [0.2, 0.25) is 11.0 Å². The van der Waals surface area contributed by atoms with Gasteiger partial charge in [-0.3, -0.25) is 14.9 Å². The maximum Gasteiger partial charge on any atom is 0.251 e. The molecule has 0 unspecified atom stereocenters. The summed E-state index contributed by atoms with van der Waals surface area (Å²) in [6.45, 7) is 6.46. The Bertz CT molecular complexity index is 763. The number of hydrogen-bond acceptors (Lipinski definition) is 7. The lowest BCUT2D eigenvalue weighted by molar-refractivity contribution is -0.115. The molecule has 26 heavy (non-hydrogen) atoms. The first-order valence-electron chi connectivity index (χ1n) is 8.37. The Morgan fingerprint density at radius 1 is 1.08 bits per heavy atom. The van der Waals surface area contributed by atoms with Gasteiger partial charge in [-0.25, -0.2) is 0 Å². The first-order valence-corrected chi connectivity index (χ1v) is 9.19. The van der Waals surface area contributed by atoms with Crippen molar-refractivity contribution in [3.8, 4) is 11.5 Å². The number of benzene rings is 1. The molecular weight excluding hydrogens is 356 g/mol. The minimum Gasteiger partial charge on any atom is -0.490 e. The molecule has 2 amide bonds. The summed E-state index contributed by atoms with van der Waals surface area (Å²) in [5.41, 5.74) is 0.383. The van der Waals surface area contributed by atoms with Crippen LogP contribution < -0.4 is 20.1 Å². The Kier molecular flexibility index (Phi) is 7.34. The molecule has 0 saturated carbocycles. The second-order valence-electron chi connectivity index (χ2n) is 5.11. The van der Waals surface area contributed by atoms with Crippen LogP contribution in [-0.4, -0.2) is 41.8 Å². The molecule has 2 rings (SSSR count). The molecule has 0 saturated heterocycles. The third kappa shape index (κ3) is 5.41. The summed E-state index contributed by atoms with van der Waals surface area (Å²) in [4.78, 5) is 24.2. The van der Waals surface area contributed by atoms with Gasteiger partial charge in [0.25, 0.3) is 5.91 Å². The van der Waals surface area contributed by atoms with Crippen molar-refractivity contribution in [2.24, 2.45) is 0 Å². The minimum atomic E-state index is -0.379. The summed E-state index contributed by atoms with van der Waals surface area (Å²) in [6, 6.07) is 4.90. The Morgan fingerprint density at radius 3 is 2.46 bits per heavy atom. The molecular formula is C17H22N4O4S. The third-order valence-electron chi connectivity index (χ3n) is 3.23. The second-order valence-corrected chi connectivity index (χ2v) is 6.17. The Morgan fingerprint density at radius 2 is 1.81 bits per heavy atom. The molecule has 0 spiro atoms. The van der Waals surface area contributed by atoms with Crippen molar-refractivity contribution in [2.45, 2.75) is 27.2 Å². The summed E-state index contributed by atoms with van der Waals surface area (Å²) in [5, 5.41) is 14.2. The molecule has 140 valence electrons.